The van der Waals surface area contributed by atoms with Crippen LogP contribution >= 0.6 is 0 Å². The Hall–Kier alpha value is -2.25. The van der Waals surface area contributed by atoms with E-state index >= 15 is 0 Å². The number of H-pyrrole nitrogens is 1. The van der Waals surface area contributed by atoms with Crippen molar-refractivity contribution >= 4 is 11.6 Å². The number of anilines is 1. The number of hydrazine groups is 1. The van der Waals surface area contributed by atoms with Crippen LogP contribution in [0.3, 0.4) is 0 Å². The zero-order valence-electron chi connectivity index (χ0n) is 11.5. The molecule has 0 spiro atoms. The van der Waals surface area contributed by atoms with Gasteiger partial charge < -0.3 is 10.3 Å². The van der Waals surface area contributed by atoms with Gasteiger partial charge in [-0.05, 0) is 31.2 Å². The summed E-state index contributed by atoms with van der Waals surface area (Å²) in [7, 11) is 0. The molecule has 1 fully saturated rings. The Morgan fingerprint density at radius 3 is 2.81 bits per heavy atom. The molecule has 0 bridgehead atoms. The van der Waals surface area contributed by atoms with Gasteiger partial charge in [0.2, 0.25) is 5.91 Å². The van der Waals surface area contributed by atoms with Crippen LogP contribution in [0.4, 0.5) is 10.1 Å². The molecule has 0 radical (unpaired) electrons. The molecule has 1 aromatic heterocycles. The van der Waals surface area contributed by atoms with E-state index in [1.807, 2.05) is 6.92 Å². The molecule has 2 aromatic rings. The topological polar surface area (TPSA) is 81.8 Å². The van der Waals surface area contributed by atoms with E-state index in [1.165, 1.54) is 24.3 Å². The van der Waals surface area contributed by atoms with Gasteiger partial charge in [0.05, 0.1) is 12.0 Å². The number of aryl methyl sites for hydroxylation is 1. The van der Waals surface area contributed by atoms with E-state index < -0.39 is 6.04 Å². The van der Waals surface area contributed by atoms with E-state index in [0.29, 0.717) is 12.2 Å². The largest absolute Gasteiger partial charge is 0.348 e. The van der Waals surface area contributed by atoms with Gasteiger partial charge in [-0.2, -0.15) is 0 Å². The van der Waals surface area contributed by atoms with Crippen LogP contribution in [0, 0.1) is 12.7 Å². The molecule has 21 heavy (non-hydrogen) atoms. The van der Waals surface area contributed by atoms with Gasteiger partial charge in [-0.15, -0.1) is 0 Å². The SMILES string of the molecule is Cc1[nH]cnc1C1CNNC1C(=O)Nc1ccc(F)cc1. The van der Waals surface area contributed by atoms with Gasteiger partial charge in [-0.25, -0.2) is 14.8 Å². The van der Waals surface area contributed by atoms with Crippen molar-refractivity contribution in [1.29, 1.82) is 0 Å². The molecule has 110 valence electrons. The number of nitrogens with zero attached hydrogens (tertiary/aromatic N) is 1. The third-order valence-corrected chi connectivity index (χ3v) is 3.60. The lowest BCUT2D eigenvalue weighted by molar-refractivity contribution is -0.118. The monoisotopic (exact) mass is 289 g/mol. The highest BCUT2D eigenvalue weighted by atomic mass is 19.1. The number of aromatic nitrogens is 2. The number of amides is 1. The predicted octanol–water partition coefficient (Wildman–Crippen LogP) is 1.06. The second kappa shape index (κ2) is 5.63. The Morgan fingerprint density at radius 2 is 2.14 bits per heavy atom. The average molecular weight is 289 g/mol. The maximum atomic E-state index is 12.9. The average Bonchev–Trinajstić information content (AvgIpc) is 3.09. The molecule has 1 aromatic carbocycles. The Morgan fingerprint density at radius 1 is 1.38 bits per heavy atom. The molecule has 1 aliphatic heterocycles. The second-order valence-electron chi connectivity index (χ2n) is 5.02. The van der Waals surface area contributed by atoms with Crippen LogP contribution in [0.25, 0.3) is 0 Å². The Kier molecular flexibility index (Phi) is 3.68. The molecule has 0 saturated carbocycles. The zero-order chi connectivity index (χ0) is 14.8. The van der Waals surface area contributed by atoms with Crippen LogP contribution in [0.15, 0.2) is 30.6 Å². The molecule has 6 nitrogen and oxygen atoms in total. The van der Waals surface area contributed by atoms with Crippen molar-refractivity contribution in [3.63, 3.8) is 0 Å². The Bertz CT molecular complexity index is 639. The minimum atomic E-state index is -0.433. The van der Waals surface area contributed by atoms with Crippen LogP contribution in [-0.2, 0) is 4.79 Å². The van der Waals surface area contributed by atoms with Gasteiger partial charge in [-0.1, -0.05) is 0 Å². The molecule has 7 heteroatoms. The fourth-order valence-electron chi connectivity index (χ4n) is 2.50. The molecular weight excluding hydrogens is 273 g/mol. The van der Waals surface area contributed by atoms with Crippen molar-refractivity contribution in [2.24, 2.45) is 0 Å². The van der Waals surface area contributed by atoms with Crippen LogP contribution in [-0.4, -0.2) is 28.5 Å². The lowest BCUT2D eigenvalue weighted by Crippen LogP contribution is -2.41. The van der Waals surface area contributed by atoms with Gasteiger partial charge in [0.25, 0.3) is 0 Å². The summed E-state index contributed by atoms with van der Waals surface area (Å²) in [5, 5.41) is 2.78. The smallest absolute Gasteiger partial charge is 0.243 e. The highest BCUT2D eigenvalue weighted by Crippen LogP contribution is 2.23. The van der Waals surface area contributed by atoms with E-state index in [1.54, 1.807) is 6.33 Å². The quantitative estimate of drug-likeness (QED) is 0.681. The summed E-state index contributed by atoms with van der Waals surface area (Å²) in [6, 6.07) is 5.25. The van der Waals surface area contributed by atoms with Crippen molar-refractivity contribution in [2.45, 2.75) is 18.9 Å². The fourth-order valence-corrected chi connectivity index (χ4v) is 2.50. The van der Waals surface area contributed by atoms with E-state index in [-0.39, 0.29) is 17.6 Å². The summed E-state index contributed by atoms with van der Waals surface area (Å²) in [4.78, 5) is 19.7. The molecule has 1 amide bonds. The van der Waals surface area contributed by atoms with Crippen LogP contribution < -0.4 is 16.2 Å². The first-order chi connectivity index (χ1) is 10.1. The molecule has 2 heterocycles. The Labute approximate surface area is 121 Å². The number of halogens is 1. The number of carbonyl (C=O) groups is 1. The van der Waals surface area contributed by atoms with Crippen LogP contribution in [0.2, 0.25) is 0 Å². The Balaban J connectivity index is 1.74. The summed E-state index contributed by atoms with van der Waals surface area (Å²) in [6.07, 6.45) is 1.62. The summed E-state index contributed by atoms with van der Waals surface area (Å²) >= 11 is 0. The third kappa shape index (κ3) is 2.79. The lowest BCUT2D eigenvalue weighted by Gasteiger charge is -2.17. The van der Waals surface area contributed by atoms with Gasteiger partial charge in [0, 0.05) is 23.8 Å². The minimum absolute atomic E-state index is 0.0586. The number of nitrogens with one attached hydrogen (secondary N) is 4. The van der Waals surface area contributed by atoms with Crippen molar-refractivity contribution < 1.29 is 9.18 Å². The van der Waals surface area contributed by atoms with E-state index in [2.05, 4.69) is 26.1 Å². The van der Waals surface area contributed by atoms with Gasteiger partial charge in [0.15, 0.2) is 0 Å². The first kappa shape index (κ1) is 13.7. The third-order valence-electron chi connectivity index (χ3n) is 3.60. The second-order valence-corrected chi connectivity index (χ2v) is 5.02. The molecule has 2 atom stereocenters. The predicted molar refractivity (Wildman–Crippen MR) is 76.0 cm³/mol. The van der Waals surface area contributed by atoms with Gasteiger partial charge in [0.1, 0.15) is 11.9 Å². The minimum Gasteiger partial charge on any atom is -0.348 e. The van der Waals surface area contributed by atoms with Crippen molar-refractivity contribution in [3.8, 4) is 0 Å². The fraction of sp³-hybridized carbons (Fsp3) is 0.286. The first-order valence-corrected chi connectivity index (χ1v) is 6.70. The van der Waals surface area contributed by atoms with Crippen molar-refractivity contribution in [3.05, 3.63) is 47.8 Å². The lowest BCUT2D eigenvalue weighted by atomic mass is 9.96. The normalized spacial score (nSPS) is 21.4. The molecule has 0 aliphatic carbocycles. The standard InChI is InChI=1S/C14H16FN5O/c1-8-12(17-7-16-8)11-6-18-20-13(11)14(21)19-10-4-2-9(15)3-5-10/h2-5,7,11,13,18,20H,6H2,1H3,(H,16,17)(H,19,21). The summed E-state index contributed by atoms with van der Waals surface area (Å²) < 4.78 is 12.9. The summed E-state index contributed by atoms with van der Waals surface area (Å²) in [6.45, 7) is 2.54. The highest BCUT2D eigenvalue weighted by Gasteiger charge is 2.36. The molecule has 2 unspecified atom stereocenters. The highest BCUT2D eigenvalue weighted by molar-refractivity contribution is 5.95. The number of rotatable bonds is 3. The van der Waals surface area contributed by atoms with Gasteiger partial charge in [-0.3, -0.25) is 10.2 Å². The van der Waals surface area contributed by atoms with Crippen LogP contribution in [0.1, 0.15) is 17.3 Å². The maximum absolute atomic E-state index is 12.9. The summed E-state index contributed by atoms with van der Waals surface area (Å²) in [5.74, 6) is -0.575. The summed E-state index contributed by atoms with van der Waals surface area (Å²) in [5.41, 5.74) is 8.33. The number of benzene rings is 1. The van der Waals surface area contributed by atoms with Crippen LogP contribution in [0.5, 0.6) is 0 Å². The molecule has 1 saturated heterocycles. The number of imidazole rings is 1. The van der Waals surface area contributed by atoms with E-state index in [9.17, 15) is 9.18 Å². The molecular formula is C14H16FN5O. The number of carbonyl (C=O) groups excluding carboxylic acids is 1. The van der Waals surface area contributed by atoms with Crippen molar-refractivity contribution in [1.82, 2.24) is 20.8 Å². The van der Waals surface area contributed by atoms with E-state index in [4.69, 9.17) is 0 Å². The van der Waals surface area contributed by atoms with E-state index in [0.717, 1.165) is 11.4 Å². The molecule has 1 aliphatic rings. The molecule has 3 rings (SSSR count). The molecule has 4 N–H and O–H groups in total. The number of hydrogen-bond acceptors (Lipinski definition) is 4. The maximum Gasteiger partial charge on any atom is 0.243 e. The van der Waals surface area contributed by atoms with Crippen molar-refractivity contribution in [2.75, 3.05) is 11.9 Å². The zero-order valence-corrected chi connectivity index (χ0v) is 11.5. The van der Waals surface area contributed by atoms with Gasteiger partial charge >= 0.3 is 0 Å². The number of aromatic amines is 1. The first-order valence-electron chi connectivity index (χ1n) is 6.70. The number of hydrogen-bond donors (Lipinski definition) is 4.